The molecular formula is C18H11F4NO6. The van der Waals surface area contributed by atoms with Gasteiger partial charge in [-0.15, -0.1) is 13.2 Å². The first-order valence-corrected chi connectivity index (χ1v) is 7.85. The van der Waals surface area contributed by atoms with E-state index in [-0.39, 0.29) is 16.7 Å². The van der Waals surface area contributed by atoms with Crippen LogP contribution in [0.3, 0.4) is 0 Å². The lowest BCUT2D eigenvalue weighted by atomic mass is 10.1. The van der Waals surface area contributed by atoms with Gasteiger partial charge in [-0.25, -0.2) is 14.0 Å². The zero-order valence-electron chi connectivity index (χ0n) is 14.2. The molecule has 11 heteroatoms. The number of carboxylic acid groups (broad SMARTS) is 1. The Morgan fingerprint density at radius 2 is 1.90 bits per heavy atom. The smallest absolute Gasteiger partial charge is 0.478 e. The second-order valence-electron chi connectivity index (χ2n) is 5.67. The topological polar surface area (TPSA) is 98.0 Å². The lowest BCUT2D eigenvalue weighted by molar-refractivity contribution is -0.274. The third-order valence-corrected chi connectivity index (χ3v) is 3.64. The Kier molecular flexibility index (Phi) is 5.31. The van der Waals surface area contributed by atoms with Crippen LogP contribution >= 0.6 is 0 Å². The number of hydrogen-bond donors (Lipinski definition) is 2. The molecule has 0 radical (unpaired) electrons. The Hall–Kier alpha value is -3.76. The van der Waals surface area contributed by atoms with Crippen LogP contribution in [0.5, 0.6) is 5.75 Å². The lowest BCUT2D eigenvalue weighted by Gasteiger charge is -2.12. The van der Waals surface area contributed by atoms with Gasteiger partial charge in [0.05, 0.1) is 17.5 Å². The molecule has 0 saturated heterocycles. The van der Waals surface area contributed by atoms with Gasteiger partial charge in [-0.2, -0.15) is 0 Å². The van der Waals surface area contributed by atoms with E-state index in [4.69, 9.17) is 14.3 Å². The van der Waals surface area contributed by atoms with Crippen molar-refractivity contribution in [2.24, 2.45) is 0 Å². The fourth-order valence-electron chi connectivity index (χ4n) is 2.47. The van der Waals surface area contributed by atoms with Crippen LogP contribution in [0, 0.1) is 5.82 Å². The highest BCUT2D eigenvalue weighted by molar-refractivity contribution is 5.94. The van der Waals surface area contributed by atoms with Crippen LogP contribution in [-0.2, 0) is 11.3 Å². The number of furan rings is 1. The summed E-state index contributed by atoms with van der Waals surface area (Å²) in [6.45, 7) is -0.433. The minimum absolute atomic E-state index is 0.0686. The molecule has 0 aliphatic rings. The molecule has 0 bridgehead atoms. The number of nitrogens with one attached hydrogen (secondary N) is 1. The summed E-state index contributed by atoms with van der Waals surface area (Å²) in [5, 5.41) is 11.6. The van der Waals surface area contributed by atoms with Gasteiger partial charge in [-0.3, -0.25) is 5.32 Å². The predicted octanol–water partition coefficient (Wildman–Crippen LogP) is 4.92. The molecule has 0 aliphatic carbocycles. The van der Waals surface area contributed by atoms with E-state index in [1.165, 1.54) is 24.5 Å². The summed E-state index contributed by atoms with van der Waals surface area (Å²) in [6.07, 6.45) is -4.85. The van der Waals surface area contributed by atoms with Crippen LogP contribution in [-0.4, -0.2) is 23.5 Å². The summed E-state index contributed by atoms with van der Waals surface area (Å²) < 4.78 is 64.3. The van der Waals surface area contributed by atoms with E-state index in [0.717, 1.165) is 6.07 Å². The third kappa shape index (κ3) is 4.94. The van der Waals surface area contributed by atoms with Crippen molar-refractivity contribution in [1.82, 2.24) is 0 Å². The summed E-state index contributed by atoms with van der Waals surface area (Å²) in [6, 6.07) is 6.18. The fraction of sp³-hybridized carbons (Fsp3) is 0.111. The lowest BCUT2D eigenvalue weighted by Crippen LogP contribution is -2.18. The molecule has 152 valence electrons. The van der Waals surface area contributed by atoms with E-state index in [9.17, 15) is 27.2 Å². The van der Waals surface area contributed by atoms with Crippen molar-refractivity contribution in [1.29, 1.82) is 0 Å². The number of carboxylic acids is 1. The van der Waals surface area contributed by atoms with E-state index in [1.54, 1.807) is 0 Å². The molecule has 1 heterocycles. The highest BCUT2D eigenvalue weighted by Gasteiger charge is 2.31. The van der Waals surface area contributed by atoms with Crippen molar-refractivity contribution in [2.45, 2.75) is 13.0 Å². The van der Waals surface area contributed by atoms with Crippen LogP contribution in [0.1, 0.15) is 15.9 Å². The maximum Gasteiger partial charge on any atom is 0.573 e. The molecule has 0 unspecified atom stereocenters. The van der Waals surface area contributed by atoms with Crippen LogP contribution in [0.4, 0.5) is 28.0 Å². The molecule has 29 heavy (non-hydrogen) atoms. The van der Waals surface area contributed by atoms with Crippen LogP contribution in [0.25, 0.3) is 11.0 Å². The van der Waals surface area contributed by atoms with Crippen LogP contribution < -0.4 is 10.1 Å². The maximum atomic E-state index is 13.7. The number of halogens is 4. The largest absolute Gasteiger partial charge is 0.573 e. The number of hydrogen-bond acceptors (Lipinski definition) is 5. The van der Waals surface area contributed by atoms with E-state index in [2.05, 4.69) is 4.74 Å². The van der Waals surface area contributed by atoms with Crippen molar-refractivity contribution >= 4 is 28.7 Å². The molecule has 0 spiro atoms. The molecule has 2 aromatic carbocycles. The van der Waals surface area contributed by atoms with Crippen LogP contribution in [0.15, 0.2) is 47.1 Å². The number of aromatic carboxylic acids is 1. The van der Waals surface area contributed by atoms with Crippen molar-refractivity contribution in [3.05, 3.63) is 59.6 Å². The number of anilines is 1. The molecule has 2 N–H and O–H groups in total. The van der Waals surface area contributed by atoms with Crippen molar-refractivity contribution in [2.75, 3.05) is 5.32 Å². The van der Waals surface area contributed by atoms with Crippen molar-refractivity contribution in [3.63, 3.8) is 0 Å². The van der Waals surface area contributed by atoms with Gasteiger partial charge in [0.15, 0.2) is 0 Å². The molecule has 0 atom stereocenters. The Balaban J connectivity index is 1.72. The molecule has 0 aliphatic heterocycles. The molecule has 3 rings (SSSR count). The first-order valence-electron chi connectivity index (χ1n) is 7.85. The third-order valence-electron chi connectivity index (χ3n) is 3.64. The number of rotatable bonds is 5. The molecular weight excluding hydrogens is 402 g/mol. The predicted molar refractivity (Wildman–Crippen MR) is 90.1 cm³/mol. The molecule has 1 aromatic heterocycles. The number of alkyl halides is 3. The van der Waals surface area contributed by atoms with Gasteiger partial charge in [-0.1, -0.05) is 0 Å². The van der Waals surface area contributed by atoms with Gasteiger partial charge in [0, 0.05) is 17.0 Å². The fourth-order valence-corrected chi connectivity index (χ4v) is 2.47. The van der Waals surface area contributed by atoms with Gasteiger partial charge < -0.3 is 19.0 Å². The Bertz CT molecular complexity index is 1080. The number of fused-ring (bicyclic) bond motifs is 1. The number of carbonyl (C=O) groups excluding carboxylic acids is 1. The quantitative estimate of drug-likeness (QED) is 0.577. The highest BCUT2D eigenvalue weighted by Crippen LogP contribution is 2.27. The van der Waals surface area contributed by atoms with Gasteiger partial charge in [0.2, 0.25) is 0 Å². The minimum Gasteiger partial charge on any atom is -0.478 e. The SMILES string of the molecule is O=C(Nc1cc(OC(F)(F)F)ccc1F)OCc1cc(C(=O)O)cc2ccoc12. The molecule has 0 saturated carbocycles. The average Bonchev–Trinajstić information content (AvgIpc) is 3.10. The van der Waals surface area contributed by atoms with Gasteiger partial charge in [-0.05, 0) is 30.3 Å². The summed E-state index contributed by atoms with van der Waals surface area (Å²) in [5.74, 6) is -2.96. The first-order chi connectivity index (χ1) is 13.6. The minimum atomic E-state index is -4.99. The summed E-state index contributed by atoms with van der Waals surface area (Å²) in [5.41, 5.74) is -0.149. The van der Waals surface area contributed by atoms with E-state index in [1.807, 2.05) is 5.32 Å². The Morgan fingerprint density at radius 1 is 1.14 bits per heavy atom. The second-order valence-corrected chi connectivity index (χ2v) is 5.67. The summed E-state index contributed by atoms with van der Waals surface area (Å²) >= 11 is 0. The molecule has 0 fully saturated rings. The zero-order chi connectivity index (χ0) is 21.2. The number of amides is 1. The van der Waals surface area contributed by atoms with Crippen LogP contribution in [0.2, 0.25) is 0 Å². The maximum absolute atomic E-state index is 13.7. The van der Waals surface area contributed by atoms with Gasteiger partial charge in [0.1, 0.15) is 23.8 Å². The van der Waals surface area contributed by atoms with Crippen molar-refractivity contribution < 1.29 is 46.1 Å². The molecule has 3 aromatic rings. The number of benzene rings is 2. The highest BCUT2D eigenvalue weighted by atomic mass is 19.4. The van der Waals surface area contributed by atoms with Gasteiger partial charge >= 0.3 is 18.4 Å². The van der Waals surface area contributed by atoms with E-state index < -0.39 is 42.3 Å². The molecule has 7 nitrogen and oxygen atoms in total. The Morgan fingerprint density at radius 3 is 2.59 bits per heavy atom. The standard InChI is InChI=1S/C18H11F4NO6/c19-13-2-1-12(29-18(20,21)22)7-14(13)23-17(26)28-8-11-6-10(16(24)25)5-9-3-4-27-15(9)11/h1-7H,8H2,(H,23,26)(H,24,25). The molecule has 1 amide bonds. The van der Waals surface area contributed by atoms with Crippen molar-refractivity contribution in [3.8, 4) is 5.75 Å². The van der Waals surface area contributed by atoms with Gasteiger partial charge in [0.25, 0.3) is 0 Å². The number of carbonyl (C=O) groups is 2. The summed E-state index contributed by atoms with van der Waals surface area (Å²) in [4.78, 5) is 23.1. The zero-order valence-corrected chi connectivity index (χ0v) is 14.2. The number of ether oxygens (including phenoxy) is 2. The van der Waals surface area contributed by atoms with E-state index >= 15 is 0 Å². The first kappa shape index (κ1) is 20.0. The second kappa shape index (κ2) is 7.70. The summed E-state index contributed by atoms with van der Waals surface area (Å²) in [7, 11) is 0. The van der Waals surface area contributed by atoms with E-state index in [0.29, 0.717) is 17.5 Å². The average molecular weight is 413 g/mol. The normalized spacial score (nSPS) is 11.3. The monoisotopic (exact) mass is 413 g/mol. The Labute approximate surface area is 159 Å².